The molecule has 166 valence electrons. The summed E-state index contributed by atoms with van der Waals surface area (Å²) < 4.78 is 10.3. The SMILES string of the molecule is COc1cccc(NC(=O)CN(C)C(=O)Cc2ccc(NC(=O)OC(C)(C)C)cc2)c1. The molecule has 0 saturated carbocycles. The van der Waals surface area contributed by atoms with Crippen LogP contribution in [0.15, 0.2) is 48.5 Å². The number of carbonyl (C=O) groups is 3. The molecule has 2 aromatic carbocycles. The second-order valence-electron chi connectivity index (χ2n) is 8.03. The summed E-state index contributed by atoms with van der Waals surface area (Å²) in [6, 6.07) is 13.9. The highest BCUT2D eigenvalue weighted by molar-refractivity contribution is 5.94. The molecule has 0 aliphatic carbocycles. The number of anilines is 2. The molecule has 2 rings (SSSR count). The molecule has 0 aliphatic heterocycles. The molecule has 0 bridgehead atoms. The Labute approximate surface area is 182 Å². The Bertz CT molecular complexity index is 920. The minimum atomic E-state index is -0.583. The lowest BCUT2D eigenvalue weighted by Gasteiger charge is -2.19. The Balaban J connectivity index is 1.84. The zero-order valence-corrected chi connectivity index (χ0v) is 18.5. The van der Waals surface area contributed by atoms with E-state index in [0.29, 0.717) is 17.1 Å². The normalized spacial score (nSPS) is 10.7. The molecule has 0 unspecified atom stereocenters. The minimum Gasteiger partial charge on any atom is -0.497 e. The van der Waals surface area contributed by atoms with Gasteiger partial charge in [-0.05, 0) is 50.6 Å². The highest BCUT2D eigenvalue weighted by Crippen LogP contribution is 2.17. The molecule has 8 nitrogen and oxygen atoms in total. The van der Waals surface area contributed by atoms with Gasteiger partial charge in [0.15, 0.2) is 0 Å². The van der Waals surface area contributed by atoms with Crippen LogP contribution in [0.4, 0.5) is 16.2 Å². The van der Waals surface area contributed by atoms with Crippen molar-refractivity contribution >= 4 is 29.3 Å². The van der Waals surface area contributed by atoms with Crippen LogP contribution >= 0.6 is 0 Å². The summed E-state index contributed by atoms with van der Waals surface area (Å²) in [6.07, 6.45) is -0.409. The molecule has 0 atom stereocenters. The summed E-state index contributed by atoms with van der Waals surface area (Å²) in [4.78, 5) is 37.9. The third-order valence-corrected chi connectivity index (χ3v) is 4.11. The van der Waals surface area contributed by atoms with Crippen molar-refractivity contribution in [3.8, 4) is 5.75 Å². The van der Waals surface area contributed by atoms with E-state index >= 15 is 0 Å². The van der Waals surface area contributed by atoms with E-state index < -0.39 is 11.7 Å². The largest absolute Gasteiger partial charge is 0.497 e. The molecule has 0 spiro atoms. The van der Waals surface area contributed by atoms with Crippen LogP contribution in [0.25, 0.3) is 0 Å². The van der Waals surface area contributed by atoms with Gasteiger partial charge < -0.3 is 19.7 Å². The average Bonchev–Trinajstić information content (AvgIpc) is 2.68. The highest BCUT2D eigenvalue weighted by atomic mass is 16.6. The Morgan fingerprint density at radius 1 is 0.968 bits per heavy atom. The van der Waals surface area contributed by atoms with Crippen molar-refractivity contribution in [2.45, 2.75) is 32.8 Å². The summed E-state index contributed by atoms with van der Waals surface area (Å²) in [5, 5.41) is 5.38. The lowest BCUT2D eigenvalue weighted by atomic mass is 10.1. The molecule has 2 N–H and O–H groups in total. The lowest BCUT2D eigenvalue weighted by molar-refractivity contribution is -0.132. The van der Waals surface area contributed by atoms with Crippen molar-refractivity contribution in [3.05, 3.63) is 54.1 Å². The number of methoxy groups -OCH3 is 1. The zero-order chi connectivity index (χ0) is 23.0. The molecule has 0 saturated heterocycles. The highest BCUT2D eigenvalue weighted by Gasteiger charge is 2.17. The fourth-order valence-electron chi connectivity index (χ4n) is 2.64. The van der Waals surface area contributed by atoms with Crippen LogP contribution in [0.3, 0.4) is 0 Å². The van der Waals surface area contributed by atoms with Crippen molar-refractivity contribution in [2.75, 3.05) is 31.3 Å². The Kier molecular flexibility index (Phi) is 8.01. The smallest absolute Gasteiger partial charge is 0.412 e. The van der Waals surface area contributed by atoms with E-state index in [4.69, 9.17) is 9.47 Å². The summed E-state index contributed by atoms with van der Waals surface area (Å²) in [7, 11) is 3.12. The third kappa shape index (κ3) is 8.38. The summed E-state index contributed by atoms with van der Waals surface area (Å²) in [6.45, 7) is 5.28. The maximum Gasteiger partial charge on any atom is 0.412 e. The van der Waals surface area contributed by atoms with Gasteiger partial charge in [-0.1, -0.05) is 18.2 Å². The van der Waals surface area contributed by atoms with Crippen LogP contribution in [-0.4, -0.2) is 49.1 Å². The monoisotopic (exact) mass is 427 g/mol. The predicted molar refractivity (Wildman–Crippen MR) is 119 cm³/mol. The first kappa shape index (κ1) is 23.7. The molecule has 0 radical (unpaired) electrons. The van der Waals surface area contributed by atoms with Gasteiger partial charge in [-0.15, -0.1) is 0 Å². The van der Waals surface area contributed by atoms with E-state index in [0.717, 1.165) is 5.56 Å². The van der Waals surface area contributed by atoms with Gasteiger partial charge in [-0.25, -0.2) is 4.79 Å². The summed E-state index contributed by atoms with van der Waals surface area (Å²) in [5.41, 5.74) is 1.34. The molecular weight excluding hydrogens is 398 g/mol. The van der Waals surface area contributed by atoms with E-state index in [1.165, 1.54) is 4.90 Å². The number of nitrogens with one attached hydrogen (secondary N) is 2. The van der Waals surface area contributed by atoms with Crippen molar-refractivity contribution in [1.29, 1.82) is 0 Å². The van der Waals surface area contributed by atoms with Gasteiger partial charge >= 0.3 is 6.09 Å². The standard InChI is InChI=1S/C23H29N3O5/c1-23(2,3)31-22(29)25-17-11-9-16(10-12-17)13-21(28)26(4)15-20(27)24-18-7-6-8-19(14-18)30-5/h6-12,14H,13,15H2,1-5H3,(H,24,27)(H,25,29). The number of carbonyl (C=O) groups excluding carboxylic acids is 3. The number of nitrogens with zero attached hydrogens (tertiary/aromatic N) is 1. The van der Waals surface area contributed by atoms with Gasteiger partial charge in [0, 0.05) is 24.5 Å². The van der Waals surface area contributed by atoms with Crippen LogP contribution in [0, 0.1) is 0 Å². The first-order chi connectivity index (χ1) is 14.6. The first-order valence-corrected chi connectivity index (χ1v) is 9.82. The van der Waals surface area contributed by atoms with Crippen LogP contribution in [0.1, 0.15) is 26.3 Å². The molecule has 0 aromatic heterocycles. The molecule has 0 aliphatic rings. The van der Waals surface area contributed by atoms with E-state index in [2.05, 4.69) is 10.6 Å². The third-order valence-electron chi connectivity index (χ3n) is 4.11. The van der Waals surface area contributed by atoms with E-state index in [9.17, 15) is 14.4 Å². The van der Waals surface area contributed by atoms with Gasteiger partial charge in [-0.3, -0.25) is 14.9 Å². The number of ether oxygens (including phenoxy) is 2. The Morgan fingerprint density at radius 3 is 2.26 bits per heavy atom. The van der Waals surface area contributed by atoms with E-state index in [1.54, 1.807) is 83.5 Å². The quantitative estimate of drug-likeness (QED) is 0.703. The number of likely N-dealkylation sites (N-methyl/N-ethyl adjacent to an activating group) is 1. The van der Waals surface area contributed by atoms with Gasteiger partial charge in [0.1, 0.15) is 11.4 Å². The first-order valence-electron chi connectivity index (χ1n) is 9.82. The second-order valence-corrected chi connectivity index (χ2v) is 8.03. The molecule has 8 heteroatoms. The Hall–Kier alpha value is -3.55. The maximum absolute atomic E-state index is 12.5. The fourth-order valence-corrected chi connectivity index (χ4v) is 2.64. The van der Waals surface area contributed by atoms with Gasteiger partial charge in [0.25, 0.3) is 0 Å². The Morgan fingerprint density at radius 2 is 1.65 bits per heavy atom. The average molecular weight is 428 g/mol. The number of benzene rings is 2. The zero-order valence-electron chi connectivity index (χ0n) is 18.5. The van der Waals surface area contributed by atoms with Crippen LogP contribution in [0.2, 0.25) is 0 Å². The molecule has 0 heterocycles. The van der Waals surface area contributed by atoms with Gasteiger partial charge in [-0.2, -0.15) is 0 Å². The molecular formula is C23H29N3O5. The summed E-state index contributed by atoms with van der Waals surface area (Å²) in [5.74, 6) is 0.126. The van der Waals surface area contributed by atoms with Crippen molar-refractivity contribution in [2.24, 2.45) is 0 Å². The number of rotatable bonds is 7. The number of amides is 3. The maximum atomic E-state index is 12.5. The van der Waals surface area contributed by atoms with Crippen LogP contribution in [-0.2, 0) is 20.7 Å². The van der Waals surface area contributed by atoms with E-state index in [-0.39, 0.29) is 24.8 Å². The number of hydrogen-bond acceptors (Lipinski definition) is 5. The minimum absolute atomic E-state index is 0.0751. The van der Waals surface area contributed by atoms with Gasteiger partial charge in [0.05, 0.1) is 20.1 Å². The second kappa shape index (κ2) is 10.5. The van der Waals surface area contributed by atoms with Crippen molar-refractivity contribution in [1.82, 2.24) is 4.90 Å². The fraction of sp³-hybridized carbons (Fsp3) is 0.348. The summed E-state index contributed by atoms with van der Waals surface area (Å²) >= 11 is 0. The van der Waals surface area contributed by atoms with Gasteiger partial charge in [0.2, 0.25) is 11.8 Å². The molecule has 2 aromatic rings. The van der Waals surface area contributed by atoms with Crippen molar-refractivity contribution < 1.29 is 23.9 Å². The number of hydrogen-bond donors (Lipinski definition) is 2. The molecule has 3 amide bonds. The predicted octanol–water partition coefficient (Wildman–Crippen LogP) is 3.68. The molecule has 0 fully saturated rings. The molecule has 31 heavy (non-hydrogen) atoms. The van der Waals surface area contributed by atoms with Crippen LogP contribution < -0.4 is 15.4 Å². The topological polar surface area (TPSA) is 97.0 Å². The van der Waals surface area contributed by atoms with Crippen molar-refractivity contribution in [3.63, 3.8) is 0 Å². The van der Waals surface area contributed by atoms with Crippen LogP contribution in [0.5, 0.6) is 5.75 Å². The van der Waals surface area contributed by atoms with E-state index in [1.807, 2.05) is 0 Å². The lowest BCUT2D eigenvalue weighted by Crippen LogP contribution is -2.35.